The van der Waals surface area contributed by atoms with Crippen molar-refractivity contribution >= 4 is 52.4 Å². The van der Waals surface area contributed by atoms with Crippen molar-refractivity contribution in [3.8, 4) is 16.9 Å². The molecule has 4 rings (SSSR count). The predicted molar refractivity (Wildman–Crippen MR) is 159 cm³/mol. The fraction of sp³-hybridized carbons (Fsp3) is 0.231. The van der Waals surface area contributed by atoms with E-state index in [0.717, 1.165) is 47.8 Å². The summed E-state index contributed by atoms with van der Waals surface area (Å²) in [6, 6.07) is 16.9. The molecule has 3 aromatic rings. The molecule has 1 fully saturated rings. The number of hydrogen-bond acceptors (Lipinski definition) is 7. The summed E-state index contributed by atoms with van der Waals surface area (Å²) in [5.74, 6) is 0.387. The van der Waals surface area contributed by atoms with Crippen molar-refractivity contribution in [2.75, 3.05) is 49.5 Å². The SMILES string of the molecule is C=Cc1c(N)cc(-c2ccc(NPSc3cc(OC)ccc3F)cc2)cc1NCC1CNCCO1.P. The van der Waals surface area contributed by atoms with Gasteiger partial charge >= 0.3 is 0 Å². The van der Waals surface area contributed by atoms with Gasteiger partial charge in [-0.2, -0.15) is 9.90 Å². The molecule has 1 saturated heterocycles. The van der Waals surface area contributed by atoms with E-state index in [0.29, 0.717) is 22.9 Å². The van der Waals surface area contributed by atoms with Crippen molar-refractivity contribution in [1.82, 2.24) is 5.32 Å². The van der Waals surface area contributed by atoms with Crippen LogP contribution in [0.4, 0.5) is 21.5 Å². The maximum absolute atomic E-state index is 14.0. The molecule has 1 heterocycles. The average molecular weight is 547 g/mol. The first-order valence-electron chi connectivity index (χ1n) is 11.3. The topological polar surface area (TPSA) is 80.6 Å². The zero-order valence-corrected chi connectivity index (χ0v) is 23.5. The number of nitrogens with one attached hydrogen (secondary N) is 3. The third-order valence-electron chi connectivity index (χ3n) is 5.65. The molecule has 3 aromatic carbocycles. The van der Waals surface area contributed by atoms with Crippen LogP contribution in [0.3, 0.4) is 0 Å². The number of nitrogens with two attached hydrogens (primary N) is 1. The lowest BCUT2D eigenvalue weighted by atomic mass is 10.00. The Morgan fingerprint density at radius 3 is 2.72 bits per heavy atom. The van der Waals surface area contributed by atoms with E-state index >= 15 is 0 Å². The second kappa shape index (κ2) is 13.8. The van der Waals surface area contributed by atoms with Gasteiger partial charge in [0.15, 0.2) is 0 Å². The zero-order chi connectivity index (χ0) is 24.6. The Balaban J connectivity index is 0.00000361. The molecule has 0 aliphatic carbocycles. The highest BCUT2D eigenvalue weighted by molar-refractivity contribution is 8.49. The first-order chi connectivity index (χ1) is 17.1. The van der Waals surface area contributed by atoms with E-state index in [1.54, 1.807) is 25.3 Å². The van der Waals surface area contributed by atoms with E-state index in [9.17, 15) is 4.39 Å². The third-order valence-corrected chi connectivity index (χ3v) is 7.95. The van der Waals surface area contributed by atoms with Crippen LogP contribution in [0.25, 0.3) is 17.2 Å². The van der Waals surface area contributed by atoms with Crippen LogP contribution in [-0.2, 0) is 4.74 Å². The van der Waals surface area contributed by atoms with Crippen LogP contribution >= 0.6 is 29.2 Å². The highest BCUT2D eigenvalue weighted by Gasteiger charge is 2.15. The van der Waals surface area contributed by atoms with E-state index in [1.165, 1.54) is 17.4 Å². The molecule has 3 unspecified atom stereocenters. The van der Waals surface area contributed by atoms with Gasteiger partial charge in [0.2, 0.25) is 0 Å². The Kier molecular flexibility index (Phi) is 10.8. The summed E-state index contributed by atoms with van der Waals surface area (Å²) in [6.45, 7) is 7.04. The maximum atomic E-state index is 14.0. The number of anilines is 3. The van der Waals surface area contributed by atoms with Crippen molar-refractivity contribution in [2.24, 2.45) is 0 Å². The molecule has 36 heavy (non-hydrogen) atoms. The Morgan fingerprint density at radius 2 is 2.03 bits per heavy atom. The van der Waals surface area contributed by atoms with Gasteiger partial charge in [-0.1, -0.05) is 36.2 Å². The number of nitrogen functional groups attached to an aromatic ring is 1. The highest BCUT2D eigenvalue weighted by atomic mass is 32.7. The van der Waals surface area contributed by atoms with Crippen LogP contribution in [0.15, 0.2) is 66.1 Å². The molecule has 0 radical (unpaired) electrons. The van der Waals surface area contributed by atoms with Crippen LogP contribution in [0.5, 0.6) is 5.75 Å². The fourth-order valence-corrected chi connectivity index (χ4v) is 5.86. The third kappa shape index (κ3) is 7.34. The molecule has 192 valence electrons. The monoisotopic (exact) mass is 546 g/mol. The summed E-state index contributed by atoms with van der Waals surface area (Å²) < 4.78 is 25.0. The second-order valence-electron chi connectivity index (χ2n) is 8.01. The lowest BCUT2D eigenvalue weighted by Gasteiger charge is -2.25. The van der Waals surface area contributed by atoms with E-state index in [-0.39, 0.29) is 29.8 Å². The minimum absolute atomic E-state index is 0. The van der Waals surface area contributed by atoms with Crippen LogP contribution < -0.4 is 26.2 Å². The molecule has 0 amide bonds. The molecule has 0 saturated carbocycles. The molecule has 3 atom stereocenters. The molecule has 0 bridgehead atoms. The first kappa shape index (κ1) is 28.2. The maximum Gasteiger partial charge on any atom is 0.137 e. The minimum Gasteiger partial charge on any atom is -0.497 e. The molecule has 6 nitrogen and oxygen atoms in total. The summed E-state index contributed by atoms with van der Waals surface area (Å²) in [5.41, 5.74) is 11.9. The van der Waals surface area contributed by atoms with Gasteiger partial charge in [0.1, 0.15) is 11.6 Å². The van der Waals surface area contributed by atoms with Gasteiger partial charge in [0.05, 0.1) is 24.7 Å². The van der Waals surface area contributed by atoms with Crippen LogP contribution in [-0.4, -0.2) is 39.5 Å². The molecule has 0 aromatic heterocycles. The van der Waals surface area contributed by atoms with Gasteiger partial charge < -0.3 is 30.9 Å². The van der Waals surface area contributed by atoms with Gasteiger partial charge in [0, 0.05) is 50.2 Å². The average Bonchev–Trinajstić information content (AvgIpc) is 2.89. The summed E-state index contributed by atoms with van der Waals surface area (Å²) in [6.07, 6.45) is 1.89. The number of morpholine rings is 1. The van der Waals surface area contributed by atoms with Crippen molar-refractivity contribution < 1.29 is 13.9 Å². The quantitative estimate of drug-likeness (QED) is 0.186. The molecule has 1 aliphatic rings. The largest absolute Gasteiger partial charge is 0.497 e. The highest BCUT2D eigenvalue weighted by Crippen LogP contribution is 2.40. The van der Waals surface area contributed by atoms with Gasteiger partial charge in [-0.15, -0.1) is 0 Å². The zero-order valence-electron chi connectivity index (χ0n) is 20.3. The first-order valence-corrected chi connectivity index (χ1v) is 13.9. The van der Waals surface area contributed by atoms with Crippen LogP contribution in [0.1, 0.15) is 5.56 Å². The summed E-state index contributed by atoms with van der Waals surface area (Å²) in [7, 11) is 1.83. The molecular formula is C26H33FN4O2P2S. The van der Waals surface area contributed by atoms with E-state index < -0.39 is 0 Å². The van der Waals surface area contributed by atoms with Crippen molar-refractivity contribution in [2.45, 2.75) is 11.0 Å². The lowest BCUT2D eigenvalue weighted by Crippen LogP contribution is -2.42. The van der Waals surface area contributed by atoms with E-state index in [1.807, 2.05) is 30.3 Å². The van der Waals surface area contributed by atoms with Crippen molar-refractivity contribution in [3.63, 3.8) is 0 Å². The van der Waals surface area contributed by atoms with E-state index in [2.05, 4.69) is 28.4 Å². The Labute approximate surface area is 221 Å². The van der Waals surface area contributed by atoms with Crippen molar-refractivity contribution in [3.05, 3.63) is 72.6 Å². The van der Waals surface area contributed by atoms with Crippen LogP contribution in [0, 0.1) is 5.82 Å². The number of halogens is 1. The van der Waals surface area contributed by atoms with Gasteiger partial charge in [-0.05, 0) is 53.6 Å². The Bertz CT molecular complexity index is 1160. The number of methoxy groups -OCH3 is 1. The van der Waals surface area contributed by atoms with Gasteiger partial charge in [0.25, 0.3) is 0 Å². The number of rotatable bonds is 10. The summed E-state index contributed by atoms with van der Waals surface area (Å²) in [5, 5.41) is 10.2. The molecule has 0 spiro atoms. The smallest absolute Gasteiger partial charge is 0.137 e. The second-order valence-corrected chi connectivity index (χ2v) is 10.3. The molecular weight excluding hydrogens is 513 g/mol. The molecule has 5 N–H and O–H groups in total. The van der Waals surface area contributed by atoms with Crippen LogP contribution in [0.2, 0.25) is 0 Å². The van der Waals surface area contributed by atoms with Gasteiger partial charge in [-0.25, -0.2) is 4.39 Å². The summed E-state index contributed by atoms with van der Waals surface area (Å²) in [4.78, 5) is 0.555. The normalized spacial score (nSPS) is 15.3. The van der Waals surface area contributed by atoms with Crippen molar-refractivity contribution in [1.29, 1.82) is 0 Å². The Hall–Kier alpha value is -2.34. The molecule has 10 heteroatoms. The Morgan fingerprint density at radius 1 is 1.22 bits per heavy atom. The fourth-order valence-electron chi connectivity index (χ4n) is 3.77. The summed E-state index contributed by atoms with van der Waals surface area (Å²) >= 11 is 1.41. The number of ether oxygens (including phenoxy) is 2. The standard InChI is InChI=1S/C26H30FN4O2PS.H3P/c1-3-22-24(28)12-18(13-25(22)30-16-21-15-29-10-11-33-21)17-4-6-19(7-5-17)31-34-35-26-14-20(32-2)8-9-23(26)27;/h3-9,12-14,21,29-31,34H,1,10-11,15-16,28H2,2H3;1H3. The minimum atomic E-state index is -0.253. The van der Waals surface area contributed by atoms with E-state index in [4.69, 9.17) is 15.2 Å². The van der Waals surface area contributed by atoms with Gasteiger partial charge in [-0.3, -0.25) is 0 Å². The number of hydrogen-bond donors (Lipinski definition) is 4. The lowest BCUT2D eigenvalue weighted by molar-refractivity contribution is 0.0372. The predicted octanol–water partition coefficient (Wildman–Crippen LogP) is 5.90. The number of benzene rings is 3. The molecule has 1 aliphatic heterocycles.